The van der Waals surface area contributed by atoms with Crippen molar-refractivity contribution in [3.63, 3.8) is 0 Å². The molecule has 0 saturated heterocycles. The molecule has 15 heavy (non-hydrogen) atoms. The predicted octanol–water partition coefficient (Wildman–Crippen LogP) is 0.607. The lowest BCUT2D eigenvalue weighted by molar-refractivity contribution is -0.136. The second kappa shape index (κ2) is 4.65. The number of hydrogen-bond acceptors (Lipinski definition) is 4. The van der Waals surface area contributed by atoms with Crippen LogP contribution in [0.1, 0.15) is 17.5 Å². The average Bonchev–Trinajstić information content (AvgIpc) is 2.19. The third-order valence-electron chi connectivity index (χ3n) is 2.12. The van der Waals surface area contributed by atoms with E-state index in [0.717, 1.165) is 0 Å². The average molecular weight is 212 g/mol. The minimum absolute atomic E-state index is 0.0861. The van der Waals surface area contributed by atoms with Gasteiger partial charge in [0.25, 0.3) is 0 Å². The summed E-state index contributed by atoms with van der Waals surface area (Å²) in [5.74, 6) is -1.66. The summed E-state index contributed by atoms with van der Waals surface area (Å²) in [5, 5.41) is 36.0. The molecule has 0 unspecified atom stereocenters. The van der Waals surface area contributed by atoms with E-state index in [2.05, 4.69) is 0 Å². The zero-order valence-electron chi connectivity index (χ0n) is 7.97. The minimum atomic E-state index is -0.952. The van der Waals surface area contributed by atoms with Crippen molar-refractivity contribution in [3.8, 4) is 11.5 Å². The Morgan fingerprint density at radius 3 is 2.47 bits per heavy atom. The summed E-state index contributed by atoms with van der Waals surface area (Å²) < 4.78 is 0. The van der Waals surface area contributed by atoms with Gasteiger partial charge < -0.3 is 20.4 Å². The minimum Gasteiger partial charge on any atom is -0.504 e. The summed E-state index contributed by atoms with van der Waals surface area (Å²) in [7, 11) is 0. The summed E-state index contributed by atoms with van der Waals surface area (Å²) in [6.45, 7) is -0.435. The Morgan fingerprint density at radius 2 is 1.93 bits per heavy atom. The number of carboxylic acid groups (broad SMARTS) is 1. The number of aliphatic hydroxyl groups excluding tert-OH is 1. The Morgan fingerprint density at radius 1 is 1.27 bits per heavy atom. The predicted molar refractivity (Wildman–Crippen MR) is 51.7 cm³/mol. The molecule has 1 aromatic carbocycles. The van der Waals surface area contributed by atoms with Crippen LogP contribution in [0.15, 0.2) is 12.1 Å². The topological polar surface area (TPSA) is 98.0 Å². The lowest BCUT2D eigenvalue weighted by atomic mass is 10.0. The van der Waals surface area contributed by atoms with Crippen molar-refractivity contribution < 1.29 is 25.2 Å². The maximum atomic E-state index is 10.3. The first kappa shape index (κ1) is 11.3. The quantitative estimate of drug-likeness (QED) is 0.548. The zero-order chi connectivity index (χ0) is 11.4. The van der Waals surface area contributed by atoms with Gasteiger partial charge in [0.2, 0.25) is 0 Å². The number of rotatable bonds is 4. The van der Waals surface area contributed by atoms with Crippen molar-refractivity contribution in [2.45, 2.75) is 19.4 Å². The van der Waals surface area contributed by atoms with Crippen molar-refractivity contribution in [3.05, 3.63) is 23.3 Å². The van der Waals surface area contributed by atoms with Gasteiger partial charge in [-0.3, -0.25) is 4.79 Å². The van der Waals surface area contributed by atoms with Gasteiger partial charge in [-0.25, -0.2) is 0 Å². The molecule has 82 valence electrons. The normalized spacial score (nSPS) is 10.2. The smallest absolute Gasteiger partial charge is 0.303 e. The number of aromatic hydroxyl groups is 2. The van der Waals surface area contributed by atoms with Gasteiger partial charge in [0.15, 0.2) is 11.5 Å². The van der Waals surface area contributed by atoms with Crippen molar-refractivity contribution >= 4 is 5.97 Å². The monoisotopic (exact) mass is 212 g/mol. The van der Waals surface area contributed by atoms with Crippen LogP contribution in [0.5, 0.6) is 11.5 Å². The van der Waals surface area contributed by atoms with Gasteiger partial charge in [-0.1, -0.05) is 6.07 Å². The summed E-state index contributed by atoms with van der Waals surface area (Å²) in [6.07, 6.45) is 0.121. The lowest BCUT2D eigenvalue weighted by Gasteiger charge is -2.09. The second-order valence-corrected chi connectivity index (χ2v) is 3.12. The van der Waals surface area contributed by atoms with E-state index in [1.807, 2.05) is 0 Å². The van der Waals surface area contributed by atoms with E-state index < -0.39 is 12.6 Å². The van der Waals surface area contributed by atoms with Crippen molar-refractivity contribution in [1.82, 2.24) is 0 Å². The first-order valence-electron chi connectivity index (χ1n) is 4.41. The molecule has 0 aromatic heterocycles. The molecule has 5 nitrogen and oxygen atoms in total. The van der Waals surface area contributed by atoms with Gasteiger partial charge >= 0.3 is 5.97 Å². The van der Waals surface area contributed by atoms with Gasteiger partial charge in [-0.2, -0.15) is 0 Å². The molecule has 0 heterocycles. The van der Waals surface area contributed by atoms with E-state index in [0.29, 0.717) is 5.56 Å². The molecular weight excluding hydrogens is 200 g/mol. The lowest BCUT2D eigenvalue weighted by Crippen LogP contribution is -2.01. The summed E-state index contributed by atoms with van der Waals surface area (Å²) in [4.78, 5) is 10.3. The Labute approximate surface area is 86.2 Å². The molecule has 5 heteroatoms. The molecule has 1 rings (SSSR count). The maximum absolute atomic E-state index is 10.3. The number of aliphatic carboxylic acids is 1. The van der Waals surface area contributed by atoms with E-state index >= 15 is 0 Å². The number of phenols is 2. The van der Waals surface area contributed by atoms with E-state index in [1.165, 1.54) is 12.1 Å². The zero-order valence-corrected chi connectivity index (χ0v) is 7.97. The Hall–Kier alpha value is -1.75. The van der Waals surface area contributed by atoms with Crippen LogP contribution in [0.4, 0.5) is 0 Å². The van der Waals surface area contributed by atoms with Crippen LogP contribution in [0.2, 0.25) is 0 Å². The second-order valence-electron chi connectivity index (χ2n) is 3.12. The highest BCUT2D eigenvalue weighted by Crippen LogP contribution is 2.31. The number of aryl methyl sites for hydroxylation is 1. The molecule has 0 radical (unpaired) electrons. The third-order valence-corrected chi connectivity index (χ3v) is 2.12. The van der Waals surface area contributed by atoms with Gasteiger partial charge in [0.1, 0.15) is 0 Å². The number of aliphatic hydroxyl groups is 1. The van der Waals surface area contributed by atoms with Gasteiger partial charge in [0, 0.05) is 12.0 Å². The summed E-state index contributed by atoms with van der Waals surface area (Å²) in [5.41, 5.74) is 0.700. The first-order chi connectivity index (χ1) is 7.06. The Kier molecular flexibility index (Phi) is 3.51. The fourth-order valence-corrected chi connectivity index (χ4v) is 1.32. The maximum Gasteiger partial charge on any atom is 0.303 e. The van der Waals surface area contributed by atoms with Crippen LogP contribution < -0.4 is 0 Å². The van der Waals surface area contributed by atoms with Crippen LogP contribution >= 0.6 is 0 Å². The fraction of sp³-hybridized carbons (Fsp3) is 0.300. The number of hydrogen-bond donors (Lipinski definition) is 4. The van der Waals surface area contributed by atoms with Crippen molar-refractivity contribution in [2.75, 3.05) is 0 Å². The van der Waals surface area contributed by atoms with Crippen LogP contribution in [0.3, 0.4) is 0 Å². The molecule has 0 fully saturated rings. The SMILES string of the molecule is O=C(O)CCc1ccc(O)c(O)c1CO. The van der Waals surface area contributed by atoms with Gasteiger partial charge in [-0.05, 0) is 18.1 Å². The van der Waals surface area contributed by atoms with Gasteiger partial charge in [-0.15, -0.1) is 0 Å². The molecule has 0 aliphatic heterocycles. The van der Waals surface area contributed by atoms with E-state index in [9.17, 15) is 9.90 Å². The van der Waals surface area contributed by atoms with Crippen LogP contribution in [-0.2, 0) is 17.8 Å². The summed E-state index contributed by atoms with van der Waals surface area (Å²) in [6, 6.07) is 2.76. The number of carbonyl (C=O) groups is 1. The molecule has 0 bridgehead atoms. The van der Waals surface area contributed by atoms with Crippen molar-refractivity contribution in [1.29, 1.82) is 0 Å². The highest BCUT2D eigenvalue weighted by atomic mass is 16.4. The van der Waals surface area contributed by atoms with Crippen LogP contribution in [-0.4, -0.2) is 26.4 Å². The van der Waals surface area contributed by atoms with Gasteiger partial charge in [0.05, 0.1) is 6.61 Å². The molecule has 0 amide bonds. The molecule has 0 saturated carbocycles. The number of benzene rings is 1. The largest absolute Gasteiger partial charge is 0.504 e. The van der Waals surface area contributed by atoms with E-state index in [1.54, 1.807) is 0 Å². The standard InChI is InChI=1S/C10H12O5/c11-5-7-6(2-4-9(13)14)1-3-8(12)10(7)15/h1,3,11-12,15H,2,4-5H2,(H,13,14). The molecule has 0 spiro atoms. The number of phenolic OH excluding ortho intramolecular Hbond substituents is 1. The molecular formula is C10H12O5. The molecule has 0 aliphatic carbocycles. The van der Waals surface area contributed by atoms with E-state index in [-0.39, 0.29) is 29.9 Å². The third kappa shape index (κ3) is 2.60. The first-order valence-corrected chi connectivity index (χ1v) is 4.41. The van der Waals surface area contributed by atoms with Crippen LogP contribution in [0, 0.1) is 0 Å². The highest BCUT2D eigenvalue weighted by Gasteiger charge is 2.11. The molecule has 1 aromatic rings. The van der Waals surface area contributed by atoms with Crippen LogP contribution in [0.25, 0.3) is 0 Å². The molecule has 4 N–H and O–H groups in total. The Balaban J connectivity index is 2.97. The number of carboxylic acids is 1. The fourth-order valence-electron chi connectivity index (χ4n) is 1.32. The summed E-state index contributed by atoms with van der Waals surface area (Å²) >= 11 is 0. The Bertz CT molecular complexity index is 372. The van der Waals surface area contributed by atoms with E-state index in [4.69, 9.17) is 15.3 Å². The molecule has 0 aliphatic rings. The highest BCUT2D eigenvalue weighted by molar-refractivity contribution is 5.67. The molecule has 0 atom stereocenters. The van der Waals surface area contributed by atoms with Crippen molar-refractivity contribution in [2.24, 2.45) is 0 Å².